The highest BCUT2D eigenvalue weighted by atomic mass is 35.5. The average Bonchev–Trinajstić information content (AvgIpc) is 3.28. The number of fused-ring (bicyclic) bond motifs is 1. The lowest BCUT2D eigenvalue weighted by molar-refractivity contribution is 0.0456. The minimum atomic E-state index is -0.431. The summed E-state index contributed by atoms with van der Waals surface area (Å²) < 4.78 is 25.7. The molecule has 148 valence electrons. The standard InChI is InChI=1S/C21H16ClFN2O3S/c1-13-16-12-19(21(26)28-11-10-27-18-5-3-2-4-17(18)22)29-20(16)25(24-13)15-8-6-14(23)7-9-15/h2-9,12H,10-11H2,1H3. The molecular formula is C21H16ClFN2O3S. The molecule has 2 heterocycles. The van der Waals surface area contributed by atoms with Gasteiger partial charge < -0.3 is 9.47 Å². The quantitative estimate of drug-likeness (QED) is 0.302. The fraction of sp³-hybridized carbons (Fsp3) is 0.143. The van der Waals surface area contributed by atoms with Crippen molar-refractivity contribution in [3.8, 4) is 11.4 Å². The Hall–Kier alpha value is -2.90. The van der Waals surface area contributed by atoms with Gasteiger partial charge in [-0.15, -0.1) is 11.3 Å². The van der Waals surface area contributed by atoms with Crippen LogP contribution in [0.15, 0.2) is 54.6 Å². The lowest BCUT2D eigenvalue weighted by Gasteiger charge is -2.08. The van der Waals surface area contributed by atoms with E-state index in [4.69, 9.17) is 21.1 Å². The Balaban J connectivity index is 1.45. The van der Waals surface area contributed by atoms with Crippen molar-refractivity contribution < 1.29 is 18.7 Å². The molecule has 0 aliphatic rings. The predicted octanol–water partition coefficient (Wildman–Crippen LogP) is 5.42. The minimum Gasteiger partial charge on any atom is -0.488 e. The van der Waals surface area contributed by atoms with Crippen molar-refractivity contribution >= 4 is 39.1 Å². The fourth-order valence-corrected chi connectivity index (χ4v) is 4.09. The molecule has 0 bridgehead atoms. The van der Waals surface area contributed by atoms with Crippen molar-refractivity contribution in [1.82, 2.24) is 9.78 Å². The van der Waals surface area contributed by atoms with E-state index < -0.39 is 5.97 Å². The first-order valence-electron chi connectivity index (χ1n) is 8.82. The van der Waals surface area contributed by atoms with E-state index >= 15 is 0 Å². The first kappa shape index (κ1) is 19.4. The molecule has 29 heavy (non-hydrogen) atoms. The molecule has 2 aromatic carbocycles. The van der Waals surface area contributed by atoms with E-state index in [0.717, 1.165) is 21.6 Å². The van der Waals surface area contributed by atoms with Crippen LogP contribution in [0, 0.1) is 12.7 Å². The number of hydrogen-bond acceptors (Lipinski definition) is 5. The second-order valence-corrected chi connectivity index (χ2v) is 7.66. The number of para-hydroxylation sites is 1. The summed E-state index contributed by atoms with van der Waals surface area (Å²) in [6.45, 7) is 2.16. The zero-order valence-corrected chi connectivity index (χ0v) is 17.0. The predicted molar refractivity (Wildman–Crippen MR) is 111 cm³/mol. The van der Waals surface area contributed by atoms with Gasteiger partial charge in [0.2, 0.25) is 0 Å². The van der Waals surface area contributed by atoms with Crippen LogP contribution in [0.5, 0.6) is 5.75 Å². The molecule has 0 unspecified atom stereocenters. The molecule has 4 rings (SSSR count). The Bertz CT molecular complexity index is 1170. The topological polar surface area (TPSA) is 53.4 Å². The molecule has 0 saturated carbocycles. The van der Waals surface area contributed by atoms with Gasteiger partial charge in [-0.25, -0.2) is 13.9 Å². The number of halogens is 2. The van der Waals surface area contributed by atoms with Crippen LogP contribution in [0.2, 0.25) is 5.02 Å². The number of hydrogen-bond donors (Lipinski definition) is 0. The highest BCUT2D eigenvalue weighted by molar-refractivity contribution is 7.20. The smallest absolute Gasteiger partial charge is 0.348 e. The Morgan fingerprint density at radius 2 is 1.93 bits per heavy atom. The monoisotopic (exact) mass is 430 g/mol. The van der Waals surface area contributed by atoms with E-state index in [1.54, 1.807) is 35.0 Å². The Morgan fingerprint density at radius 3 is 2.69 bits per heavy atom. The maximum atomic E-state index is 13.2. The fourth-order valence-electron chi connectivity index (χ4n) is 2.82. The number of ether oxygens (including phenoxy) is 2. The maximum absolute atomic E-state index is 13.2. The minimum absolute atomic E-state index is 0.0986. The van der Waals surface area contributed by atoms with Crippen LogP contribution in [0.1, 0.15) is 15.4 Å². The molecule has 2 aromatic heterocycles. The summed E-state index contributed by atoms with van der Waals surface area (Å²) in [6.07, 6.45) is 0. The lowest BCUT2D eigenvalue weighted by Crippen LogP contribution is -2.11. The van der Waals surface area contributed by atoms with Crippen molar-refractivity contribution in [1.29, 1.82) is 0 Å². The molecule has 0 N–H and O–H groups in total. The van der Waals surface area contributed by atoms with E-state index in [1.807, 2.05) is 19.1 Å². The number of aryl methyl sites for hydroxylation is 1. The summed E-state index contributed by atoms with van der Waals surface area (Å²) in [6, 6.07) is 14.9. The Labute approximate surface area is 175 Å². The summed E-state index contributed by atoms with van der Waals surface area (Å²) in [7, 11) is 0. The van der Waals surface area contributed by atoms with Crippen molar-refractivity contribution in [3.05, 3.63) is 76.0 Å². The molecule has 5 nitrogen and oxygen atoms in total. The van der Waals surface area contributed by atoms with Gasteiger partial charge in [0.05, 0.1) is 16.4 Å². The largest absolute Gasteiger partial charge is 0.488 e. The van der Waals surface area contributed by atoms with Gasteiger partial charge >= 0.3 is 5.97 Å². The lowest BCUT2D eigenvalue weighted by atomic mass is 10.3. The SMILES string of the molecule is Cc1nn(-c2ccc(F)cc2)c2sc(C(=O)OCCOc3ccccc3Cl)cc12. The summed E-state index contributed by atoms with van der Waals surface area (Å²) in [5.41, 5.74) is 1.50. The molecule has 4 aromatic rings. The Morgan fingerprint density at radius 1 is 1.17 bits per heavy atom. The summed E-state index contributed by atoms with van der Waals surface area (Å²) in [4.78, 5) is 13.7. The normalized spacial score (nSPS) is 11.0. The third-order valence-electron chi connectivity index (χ3n) is 4.23. The van der Waals surface area contributed by atoms with Crippen LogP contribution in [-0.2, 0) is 4.74 Å². The van der Waals surface area contributed by atoms with Crippen LogP contribution < -0.4 is 4.74 Å². The summed E-state index contributed by atoms with van der Waals surface area (Å²) >= 11 is 7.30. The maximum Gasteiger partial charge on any atom is 0.348 e. The molecule has 0 atom stereocenters. The van der Waals surface area contributed by atoms with Crippen LogP contribution in [0.3, 0.4) is 0 Å². The van der Waals surface area contributed by atoms with Crippen molar-refractivity contribution in [2.24, 2.45) is 0 Å². The number of carbonyl (C=O) groups excluding carboxylic acids is 1. The number of carbonyl (C=O) groups is 1. The summed E-state index contributed by atoms with van der Waals surface area (Å²) in [5, 5.41) is 5.85. The van der Waals surface area contributed by atoms with E-state index in [0.29, 0.717) is 15.6 Å². The van der Waals surface area contributed by atoms with Crippen molar-refractivity contribution in [2.75, 3.05) is 13.2 Å². The highest BCUT2D eigenvalue weighted by Crippen LogP contribution is 2.31. The van der Waals surface area contributed by atoms with Gasteiger partial charge in [-0.2, -0.15) is 5.10 Å². The number of nitrogens with zero attached hydrogens (tertiary/aromatic N) is 2. The van der Waals surface area contributed by atoms with Gasteiger partial charge in [0.1, 0.15) is 34.5 Å². The molecule has 0 amide bonds. The second kappa shape index (κ2) is 8.23. The van der Waals surface area contributed by atoms with Crippen LogP contribution in [0.25, 0.3) is 15.9 Å². The van der Waals surface area contributed by atoms with E-state index in [2.05, 4.69) is 5.10 Å². The second-order valence-electron chi connectivity index (χ2n) is 6.22. The van der Waals surface area contributed by atoms with Gasteiger partial charge in [0.15, 0.2) is 0 Å². The number of thiophene rings is 1. The first-order chi connectivity index (χ1) is 14.0. The molecule has 8 heteroatoms. The van der Waals surface area contributed by atoms with Gasteiger partial charge in [-0.1, -0.05) is 23.7 Å². The Kier molecular flexibility index (Phi) is 5.51. The van der Waals surface area contributed by atoms with Crippen molar-refractivity contribution in [3.63, 3.8) is 0 Å². The van der Waals surface area contributed by atoms with Gasteiger partial charge in [0.25, 0.3) is 0 Å². The van der Waals surface area contributed by atoms with Crippen LogP contribution in [-0.4, -0.2) is 29.0 Å². The molecule has 0 spiro atoms. The summed E-state index contributed by atoms with van der Waals surface area (Å²) in [5.74, 6) is -0.204. The van der Waals surface area contributed by atoms with E-state index in [1.165, 1.54) is 23.5 Å². The van der Waals surface area contributed by atoms with Gasteiger partial charge in [-0.05, 0) is 49.4 Å². The first-order valence-corrected chi connectivity index (χ1v) is 10.0. The molecule has 0 fully saturated rings. The van der Waals surface area contributed by atoms with Crippen LogP contribution >= 0.6 is 22.9 Å². The average molecular weight is 431 g/mol. The zero-order chi connectivity index (χ0) is 20.4. The third kappa shape index (κ3) is 4.11. The van der Waals surface area contributed by atoms with Gasteiger partial charge in [0, 0.05) is 5.39 Å². The highest BCUT2D eigenvalue weighted by Gasteiger charge is 2.18. The number of aromatic nitrogens is 2. The van der Waals surface area contributed by atoms with Crippen LogP contribution in [0.4, 0.5) is 4.39 Å². The molecule has 0 aliphatic carbocycles. The number of rotatable bonds is 6. The zero-order valence-electron chi connectivity index (χ0n) is 15.4. The van der Waals surface area contributed by atoms with E-state index in [-0.39, 0.29) is 19.0 Å². The van der Waals surface area contributed by atoms with Gasteiger partial charge in [-0.3, -0.25) is 0 Å². The molecule has 0 aliphatic heterocycles. The van der Waals surface area contributed by atoms with Crippen molar-refractivity contribution in [2.45, 2.75) is 6.92 Å². The molecular weight excluding hydrogens is 415 g/mol. The third-order valence-corrected chi connectivity index (χ3v) is 5.63. The number of esters is 1. The molecule has 0 saturated heterocycles. The number of benzene rings is 2. The molecule has 0 radical (unpaired) electrons. The van der Waals surface area contributed by atoms with E-state index in [9.17, 15) is 9.18 Å².